The van der Waals surface area contributed by atoms with Crippen LogP contribution in [0.2, 0.25) is 0 Å². The van der Waals surface area contributed by atoms with Gasteiger partial charge in [-0.3, -0.25) is 14.5 Å². The maximum atomic E-state index is 12.4. The molecule has 1 unspecified atom stereocenters. The number of hydrogen-bond acceptors (Lipinski definition) is 9. The van der Waals surface area contributed by atoms with Gasteiger partial charge in [0.2, 0.25) is 17.0 Å². The van der Waals surface area contributed by atoms with Gasteiger partial charge < -0.3 is 20.8 Å². The summed E-state index contributed by atoms with van der Waals surface area (Å²) in [6.07, 6.45) is -3.59. The van der Waals surface area contributed by atoms with Gasteiger partial charge in [0, 0.05) is 18.2 Å². The minimum absolute atomic E-state index is 0.0122. The fourth-order valence-corrected chi connectivity index (χ4v) is 5.78. The molecule has 0 radical (unpaired) electrons. The highest BCUT2D eigenvalue weighted by Gasteiger charge is 2.60. The molecule has 2 saturated heterocycles. The SMILES string of the molecule is O=C(Cn1nnnc1SCC1=C(C(=O)O)N2C(=O)[C@H]3NCCC1[C@H]32)NCCc1ccccc1.O=C(O)C(F)(F)F. The molecule has 3 aliphatic rings. The molecule has 13 nitrogen and oxygen atoms in total. The van der Waals surface area contributed by atoms with E-state index in [1.807, 2.05) is 30.3 Å². The molecule has 0 bridgehead atoms. The second-order valence-corrected chi connectivity index (χ2v) is 9.94. The number of carbonyl (C=O) groups excluding carboxylic acids is 2. The van der Waals surface area contributed by atoms with Crippen LogP contribution in [-0.2, 0) is 32.1 Å². The minimum Gasteiger partial charge on any atom is -0.477 e. The number of aliphatic carboxylic acids is 2. The van der Waals surface area contributed by atoms with Crippen molar-refractivity contribution in [2.75, 3.05) is 18.8 Å². The molecule has 2 aromatic rings. The highest BCUT2D eigenvalue weighted by atomic mass is 32.2. The Kier molecular flexibility index (Phi) is 8.73. The Labute approximate surface area is 228 Å². The van der Waals surface area contributed by atoms with Crippen molar-refractivity contribution in [1.29, 1.82) is 0 Å². The third kappa shape index (κ3) is 6.25. The highest BCUT2D eigenvalue weighted by molar-refractivity contribution is 7.99. The summed E-state index contributed by atoms with van der Waals surface area (Å²) in [6, 6.07) is 9.45. The average molecular weight is 584 g/mol. The first-order valence-corrected chi connectivity index (χ1v) is 13.0. The summed E-state index contributed by atoms with van der Waals surface area (Å²) in [5.41, 5.74) is 1.95. The lowest BCUT2D eigenvalue weighted by Crippen LogP contribution is -2.71. The van der Waals surface area contributed by atoms with E-state index in [1.165, 1.54) is 21.3 Å². The molecule has 0 saturated carbocycles. The van der Waals surface area contributed by atoms with Crippen molar-refractivity contribution in [2.45, 2.75) is 42.8 Å². The van der Waals surface area contributed by atoms with Crippen LogP contribution in [0.1, 0.15) is 12.0 Å². The topological polar surface area (TPSA) is 180 Å². The smallest absolute Gasteiger partial charge is 0.477 e. The van der Waals surface area contributed by atoms with Gasteiger partial charge in [0.05, 0.1) is 6.04 Å². The maximum Gasteiger partial charge on any atom is 0.490 e. The second-order valence-electron chi connectivity index (χ2n) is 9.00. The Hall–Kier alpha value is -3.99. The zero-order valence-electron chi connectivity index (χ0n) is 20.7. The van der Waals surface area contributed by atoms with Crippen LogP contribution in [0.25, 0.3) is 0 Å². The van der Waals surface area contributed by atoms with Crippen LogP contribution in [0.15, 0.2) is 46.8 Å². The van der Waals surface area contributed by atoms with E-state index in [4.69, 9.17) is 9.90 Å². The molecule has 0 spiro atoms. The molecule has 3 atom stereocenters. The largest absolute Gasteiger partial charge is 0.490 e. The number of rotatable bonds is 9. The van der Waals surface area contributed by atoms with Gasteiger partial charge >= 0.3 is 18.1 Å². The number of amides is 2. The summed E-state index contributed by atoms with van der Waals surface area (Å²) >= 11 is 1.28. The first kappa shape index (κ1) is 29.0. The fraction of sp³-hybridized carbons (Fsp3) is 0.435. The lowest BCUT2D eigenvalue weighted by Gasteiger charge is -2.48. The molecule has 214 valence electrons. The summed E-state index contributed by atoms with van der Waals surface area (Å²) in [6.45, 7) is 1.15. The quantitative estimate of drug-likeness (QED) is 0.236. The standard InChI is InChI=1S/C21H23N7O4S.C2HF3O2/c29-15(22-8-6-12-4-2-1-3-5-12)10-27-21(24-25-26-27)33-11-14-13-7-9-23-16-17(13)28(19(16)30)18(14)20(31)32;3-2(4,5)1(6)7/h1-5,13,16-17,23H,6-11H2,(H,22,29)(H,31,32);(H,6,7)/t13?,16-,17+;/m0./s1. The Bertz CT molecular complexity index is 1320. The number of halogens is 3. The zero-order valence-corrected chi connectivity index (χ0v) is 21.5. The van der Waals surface area contributed by atoms with Crippen LogP contribution in [0.4, 0.5) is 13.2 Å². The van der Waals surface area contributed by atoms with E-state index in [-0.39, 0.29) is 42.1 Å². The summed E-state index contributed by atoms with van der Waals surface area (Å²) in [4.78, 5) is 47.0. The molecule has 0 aliphatic carbocycles. The van der Waals surface area contributed by atoms with E-state index in [9.17, 15) is 32.7 Å². The predicted octanol–water partition coefficient (Wildman–Crippen LogP) is 0.299. The number of nitrogens with zero attached hydrogens (tertiary/aromatic N) is 5. The van der Waals surface area contributed by atoms with Crippen molar-refractivity contribution in [2.24, 2.45) is 5.92 Å². The molecule has 1 aromatic carbocycles. The maximum absolute atomic E-state index is 12.4. The van der Waals surface area contributed by atoms with E-state index in [2.05, 4.69) is 26.2 Å². The summed E-state index contributed by atoms with van der Waals surface area (Å²) in [5.74, 6) is -3.88. The molecule has 2 fully saturated rings. The fourth-order valence-electron chi connectivity index (χ4n) is 4.81. The highest BCUT2D eigenvalue weighted by Crippen LogP contribution is 2.47. The molecule has 1 aromatic heterocycles. The van der Waals surface area contributed by atoms with Crippen molar-refractivity contribution in [3.63, 3.8) is 0 Å². The van der Waals surface area contributed by atoms with E-state index >= 15 is 0 Å². The van der Waals surface area contributed by atoms with Gasteiger partial charge in [-0.15, -0.1) is 5.10 Å². The second kappa shape index (κ2) is 12.0. The van der Waals surface area contributed by atoms with Crippen LogP contribution in [-0.4, -0.2) is 96.2 Å². The monoisotopic (exact) mass is 583 g/mol. The summed E-state index contributed by atoms with van der Waals surface area (Å²) < 4.78 is 33.1. The number of carbonyl (C=O) groups is 4. The number of piperidine rings is 1. The first-order chi connectivity index (χ1) is 19.0. The third-order valence-corrected chi connectivity index (χ3v) is 7.55. The van der Waals surface area contributed by atoms with Crippen molar-refractivity contribution in [3.8, 4) is 0 Å². The molecule has 40 heavy (non-hydrogen) atoms. The number of alkyl halides is 3. The normalized spacial score (nSPS) is 21.2. The Morgan fingerprint density at radius 3 is 2.52 bits per heavy atom. The number of tetrazole rings is 1. The molecule has 2 amide bonds. The molecule has 5 rings (SSSR count). The van der Waals surface area contributed by atoms with Gasteiger partial charge in [-0.2, -0.15) is 13.2 Å². The lowest BCUT2D eigenvalue weighted by molar-refractivity contribution is -0.192. The van der Waals surface area contributed by atoms with Gasteiger partial charge in [-0.1, -0.05) is 42.1 Å². The predicted molar refractivity (Wildman–Crippen MR) is 131 cm³/mol. The Morgan fingerprint density at radius 1 is 1.18 bits per heavy atom. The van der Waals surface area contributed by atoms with E-state index in [0.29, 0.717) is 24.0 Å². The number of aromatic nitrogens is 4. The van der Waals surface area contributed by atoms with Gasteiger partial charge in [-0.05, 0) is 40.9 Å². The van der Waals surface area contributed by atoms with Crippen LogP contribution in [0, 0.1) is 5.92 Å². The Balaban J connectivity index is 0.000000470. The number of carboxylic acids is 2. The molecule has 4 heterocycles. The number of carboxylic acid groups (broad SMARTS) is 2. The average Bonchev–Trinajstić information content (AvgIpc) is 3.48. The van der Waals surface area contributed by atoms with Crippen molar-refractivity contribution < 1.29 is 42.6 Å². The lowest BCUT2D eigenvalue weighted by atomic mass is 9.80. The minimum atomic E-state index is -5.08. The first-order valence-electron chi connectivity index (χ1n) is 12.0. The van der Waals surface area contributed by atoms with Gasteiger partial charge in [0.25, 0.3) is 0 Å². The van der Waals surface area contributed by atoms with Crippen LogP contribution in [0.5, 0.6) is 0 Å². The van der Waals surface area contributed by atoms with E-state index in [1.54, 1.807) is 0 Å². The van der Waals surface area contributed by atoms with Crippen molar-refractivity contribution in [1.82, 2.24) is 35.7 Å². The van der Waals surface area contributed by atoms with Crippen LogP contribution >= 0.6 is 11.8 Å². The van der Waals surface area contributed by atoms with Crippen LogP contribution in [0.3, 0.4) is 0 Å². The van der Waals surface area contributed by atoms with Gasteiger partial charge in [0.15, 0.2) is 0 Å². The molecular formula is C23H24F3N7O6S. The number of thioether (sulfide) groups is 1. The van der Waals surface area contributed by atoms with E-state index in [0.717, 1.165) is 24.0 Å². The van der Waals surface area contributed by atoms with Crippen molar-refractivity contribution >= 4 is 35.5 Å². The van der Waals surface area contributed by atoms with Gasteiger partial charge in [0.1, 0.15) is 18.3 Å². The number of β-lactam (4-membered cyclic amide) rings is 1. The molecule has 17 heteroatoms. The van der Waals surface area contributed by atoms with E-state index < -0.39 is 18.1 Å². The van der Waals surface area contributed by atoms with Gasteiger partial charge in [-0.25, -0.2) is 14.3 Å². The third-order valence-electron chi connectivity index (χ3n) is 6.54. The van der Waals surface area contributed by atoms with Crippen LogP contribution < -0.4 is 10.6 Å². The summed E-state index contributed by atoms with van der Waals surface area (Å²) in [7, 11) is 0. The number of benzene rings is 1. The number of hydrogen-bond donors (Lipinski definition) is 4. The molecule has 3 aliphatic heterocycles. The van der Waals surface area contributed by atoms with Crippen molar-refractivity contribution in [3.05, 3.63) is 47.2 Å². The zero-order chi connectivity index (χ0) is 29.0. The Morgan fingerprint density at radius 2 is 1.88 bits per heavy atom. The molecule has 4 N–H and O–H groups in total. The molecular weight excluding hydrogens is 559 g/mol. The summed E-state index contributed by atoms with van der Waals surface area (Å²) in [5, 5.41) is 34.9. The number of nitrogens with one attached hydrogen (secondary N) is 2.